The minimum atomic E-state index is -0.478. The molecule has 2 aromatic rings. The fourth-order valence-electron chi connectivity index (χ4n) is 2.27. The summed E-state index contributed by atoms with van der Waals surface area (Å²) in [4.78, 5) is 27.3. The lowest BCUT2D eigenvalue weighted by atomic mass is 9.99. The van der Waals surface area contributed by atoms with Crippen molar-refractivity contribution in [2.75, 3.05) is 11.9 Å². The van der Waals surface area contributed by atoms with Crippen molar-refractivity contribution in [2.45, 2.75) is 12.8 Å². The molecule has 0 unspecified atom stereocenters. The Morgan fingerprint density at radius 2 is 1.94 bits per heavy atom. The number of nitrogens with one attached hydrogen (secondary N) is 3. The predicted molar refractivity (Wildman–Crippen MR) is 69.9 cm³/mol. The summed E-state index contributed by atoms with van der Waals surface area (Å²) in [7, 11) is 0. The molecule has 5 heteroatoms. The first-order chi connectivity index (χ1) is 8.72. The number of aromatic amines is 2. The van der Waals surface area contributed by atoms with Crippen molar-refractivity contribution < 1.29 is 0 Å². The molecular formula is C13H13N3O2. The Morgan fingerprint density at radius 3 is 2.78 bits per heavy atom. The number of aryl methyl sites for hydroxylation is 1. The van der Waals surface area contributed by atoms with Crippen LogP contribution in [0.25, 0.3) is 11.3 Å². The molecule has 1 aromatic heterocycles. The highest BCUT2D eigenvalue weighted by molar-refractivity contribution is 5.66. The second-order valence-electron chi connectivity index (χ2n) is 4.40. The molecule has 0 spiro atoms. The van der Waals surface area contributed by atoms with Gasteiger partial charge in [0.2, 0.25) is 0 Å². The van der Waals surface area contributed by atoms with E-state index in [4.69, 9.17) is 0 Å². The van der Waals surface area contributed by atoms with Crippen molar-refractivity contribution in [3.8, 4) is 11.3 Å². The monoisotopic (exact) mass is 243 g/mol. The van der Waals surface area contributed by atoms with Crippen molar-refractivity contribution in [3.05, 3.63) is 50.7 Å². The Labute approximate surface area is 103 Å². The number of hydrogen-bond acceptors (Lipinski definition) is 3. The van der Waals surface area contributed by atoms with Crippen LogP contribution in [0, 0.1) is 0 Å². The smallest absolute Gasteiger partial charge is 0.326 e. The molecule has 18 heavy (non-hydrogen) atoms. The van der Waals surface area contributed by atoms with E-state index < -0.39 is 5.69 Å². The van der Waals surface area contributed by atoms with E-state index in [1.54, 1.807) is 0 Å². The first-order valence-corrected chi connectivity index (χ1v) is 5.93. The van der Waals surface area contributed by atoms with E-state index in [9.17, 15) is 9.59 Å². The van der Waals surface area contributed by atoms with E-state index in [0.717, 1.165) is 30.6 Å². The third-order valence-corrected chi connectivity index (χ3v) is 3.11. The molecule has 0 radical (unpaired) electrons. The van der Waals surface area contributed by atoms with Crippen LogP contribution in [0.3, 0.4) is 0 Å². The summed E-state index contributed by atoms with van der Waals surface area (Å²) in [6, 6.07) is 7.32. The van der Waals surface area contributed by atoms with Gasteiger partial charge in [-0.1, -0.05) is 6.07 Å². The highest BCUT2D eigenvalue weighted by Gasteiger charge is 2.10. The van der Waals surface area contributed by atoms with Crippen LogP contribution in [0.15, 0.2) is 33.9 Å². The van der Waals surface area contributed by atoms with Crippen LogP contribution in [0.2, 0.25) is 0 Å². The van der Waals surface area contributed by atoms with Gasteiger partial charge in [0.05, 0.1) is 5.69 Å². The Kier molecular flexibility index (Phi) is 2.51. The Hall–Kier alpha value is -2.30. The van der Waals surface area contributed by atoms with E-state index >= 15 is 0 Å². The molecule has 0 saturated heterocycles. The number of rotatable bonds is 1. The SMILES string of the molecule is O=c1cc(-c2ccc3c(c2)CCCN3)[nH]c(=O)[nH]1. The standard InChI is InChI=1S/C13H13N3O2/c17-12-7-11(15-13(18)16-12)9-3-4-10-8(6-9)2-1-5-14-10/h3-4,6-7,14H,1-2,5H2,(H2,15,16,17,18). The lowest BCUT2D eigenvalue weighted by molar-refractivity contribution is 0.830. The first-order valence-electron chi connectivity index (χ1n) is 5.93. The molecule has 0 bridgehead atoms. The van der Waals surface area contributed by atoms with Crippen LogP contribution in [0.1, 0.15) is 12.0 Å². The molecule has 0 atom stereocenters. The summed E-state index contributed by atoms with van der Waals surface area (Å²) in [5.41, 5.74) is 2.91. The van der Waals surface area contributed by atoms with Gasteiger partial charge in [-0.25, -0.2) is 4.79 Å². The van der Waals surface area contributed by atoms with Crippen LogP contribution in [0.4, 0.5) is 5.69 Å². The number of hydrogen-bond donors (Lipinski definition) is 3. The maximum Gasteiger partial charge on any atom is 0.326 e. The van der Waals surface area contributed by atoms with E-state index in [1.165, 1.54) is 11.6 Å². The van der Waals surface area contributed by atoms with Crippen molar-refractivity contribution >= 4 is 5.69 Å². The molecule has 1 aliphatic rings. The number of H-pyrrole nitrogens is 2. The van der Waals surface area contributed by atoms with Gasteiger partial charge in [-0.2, -0.15) is 0 Å². The predicted octanol–water partition coefficient (Wildman–Crippen LogP) is 1.09. The molecule has 0 aliphatic carbocycles. The quantitative estimate of drug-likeness (QED) is 0.701. The highest BCUT2D eigenvalue weighted by Crippen LogP contribution is 2.26. The van der Waals surface area contributed by atoms with Gasteiger partial charge in [-0.3, -0.25) is 9.78 Å². The van der Waals surface area contributed by atoms with Gasteiger partial charge in [0.1, 0.15) is 0 Å². The minimum Gasteiger partial charge on any atom is -0.385 e. The van der Waals surface area contributed by atoms with Gasteiger partial charge in [0, 0.05) is 18.3 Å². The number of benzene rings is 1. The van der Waals surface area contributed by atoms with Crippen LogP contribution < -0.4 is 16.6 Å². The fraction of sp³-hybridized carbons (Fsp3) is 0.231. The van der Waals surface area contributed by atoms with E-state index in [0.29, 0.717) is 5.69 Å². The molecule has 2 heterocycles. The zero-order valence-corrected chi connectivity index (χ0v) is 9.75. The lowest BCUT2D eigenvalue weighted by Crippen LogP contribution is -2.21. The largest absolute Gasteiger partial charge is 0.385 e. The molecule has 1 aliphatic heterocycles. The average Bonchev–Trinajstić information content (AvgIpc) is 2.37. The van der Waals surface area contributed by atoms with Crippen molar-refractivity contribution in [1.29, 1.82) is 0 Å². The molecular weight excluding hydrogens is 230 g/mol. The van der Waals surface area contributed by atoms with Crippen LogP contribution in [0.5, 0.6) is 0 Å². The number of anilines is 1. The van der Waals surface area contributed by atoms with Gasteiger partial charge in [-0.05, 0) is 36.1 Å². The summed E-state index contributed by atoms with van der Waals surface area (Å²) < 4.78 is 0. The van der Waals surface area contributed by atoms with Gasteiger partial charge in [-0.15, -0.1) is 0 Å². The Balaban J connectivity index is 2.11. The molecule has 0 fully saturated rings. The van der Waals surface area contributed by atoms with Crippen molar-refractivity contribution in [1.82, 2.24) is 9.97 Å². The maximum absolute atomic E-state index is 11.3. The van der Waals surface area contributed by atoms with Crippen LogP contribution >= 0.6 is 0 Å². The zero-order chi connectivity index (χ0) is 12.5. The number of aromatic nitrogens is 2. The molecule has 3 N–H and O–H groups in total. The fourth-order valence-corrected chi connectivity index (χ4v) is 2.27. The van der Waals surface area contributed by atoms with E-state index in [2.05, 4.69) is 15.3 Å². The first kappa shape index (κ1) is 10.8. The normalized spacial score (nSPS) is 13.8. The third kappa shape index (κ3) is 1.95. The summed E-state index contributed by atoms with van der Waals surface area (Å²) >= 11 is 0. The molecule has 0 saturated carbocycles. The summed E-state index contributed by atoms with van der Waals surface area (Å²) in [6.07, 6.45) is 2.12. The molecule has 5 nitrogen and oxygen atoms in total. The zero-order valence-electron chi connectivity index (χ0n) is 9.75. The van der Waals surface area contributed by atoms with Gasteiger partial charge >= 0.3 is 5.69 Å². The second kappa shape index (κ2) is 4.18. The van der Waals surface area contributed by atoms with Crippen LogP contribution in [-0.4, -0.2) is 16.5 Å². The van der Waals surface area contributed by atoms with Gasteiger partial charge < -0.3 is 10.3 Å². The molecule has 3 rings (SSSR count). The minimum absolute atomic E-state index is 0.385. The Bertz CT molecular complexity index is 672. The van der Waals surface area contributed by atoms with Crippen LogP contribution in [-0.2, 0) is 6.42 Å². The summed E-state index contributed by atoms with van der Waals surface area (Å²) in [6.45, 7) is 0.994. The second-order valence-corrected chi connectivity index (χ2v) is 4.40. The molecule has 0 amide bonds. The highest BCUT2D eigenvalue weighted by atomic mass is 16.2. The summed E-state index contributed by atoms with van der Waals surface area (Å²) in [5.74, 6) is 0. The maximum atomic E-state index is 11.3. The topological polar surface area (TPSA) is 77.8 Å². The third-order valence-electron chi connectivity index (χ3n) is 3.11. The van der Waals surface area contributed by atoms with Gasteiger partial charge in [0.25, 0.3) is 5.56 Å². The lowest BCUT2D eigenvalue weighted by Gasteiger charge is -2.18. The molecule has 92 valence electrons. The molecule has 1 aromatic carbocycles. The van der Waals surface area contributed by atoms with Gasteiger partial charge in [0.15, 0.2) is 0 Å². The summed E-state index contributed by atoms with van der Waals surface area (Å²) in [5, 5.41) is 3.32. The van der Waals surface area contributed by atoms with Crippen molar-refractivity contribution in [3.63, 3.8) is 0 Å². The van der Waals surface area contributed by atoms with E-state index in [-0.39, 0.29) is 5.56 Å². The average molecular weight is 243 g/mol. The van der Waals surface area contributed by atoms with Crippen molar-refractivity contribution in [2.24, 2.45) is 0 Å². The Morgan fingerprint density at radius 1 is 1.06 bits per heavy atom. The number of fused-ring (bicyclic) bond motifs is 1. The van der Waals surface area contributed by atoms with E-state index in [1.807, 2.05) is 18.2 Å².